The van der Waals surface area contributed by atoms with Crippen LogP contribution in [-0.2, 0) is 11.2 Å². The van der Waals surface area contributed by atoms with Crippen LogP contribution in [-0.4, -0.2) is 27.6 Å². The van der Waals surface area contributed by atoms with Crippen LogP contribution in [0.4, 0.5) is 0 Å². The molecule has 78 valence electrons. The van der Waals surface area contributed by atoms with Crippen molar-refractivity contribution in [2.75, 3.05) is 6.54 Å². The number of hydrogen-bond acceptors (Lipinski definition) is 3. The third kappa shape index (κ3) is 3.18. The van der Waals surface area contributed by atoms with Crippen LogP contribution >= 0.6 is 0 Å². The molecule has 0 amide bonds. The molecule has 0 aliphatic rings. The molecule has 0 bridgehead atoms. The maximum absolute atomic E-state index is 10.9. The van der Waals surface area contributed by atoms with Gasteiger partial charge >= 0.3 is 5.97 Å². The smallest absolute Gasteiger partial charge is 0.306 e. The number of aromatic amines is 1. The van der Waals surface area contributed by atoms with Crippen LogP contribution in [0, 0.1) is 5.92 Å². The van der Waals surface area contributed by atoms with Crippen molar-refractivity contribution in [3.63, 3.8) is 0 Å². The van der Waals surface area contributed by atoms with Crippen LogP contribution in [0.3, 0.4) is 0 Å². The van der Waals surface area contributed by atoms with Crippen LogP contribution in [0.2, 0.25) is 0 Å². The first-order chi connectivity index (χ1) is 6.74. The Morgan fingerprint density at radius 1 is 1.71 bits per heavy atom. The van der Waals surface area contributed by atoms with Crippen LogP contribution in [0.15, 0.2) is 12.5 Å². The van der Waals surface area contributed by atoms with E-state index in [9.17, 15) is 4.79 Å². The van der Waals surface area contributed by atoms with Crippen molar-refractivity contribution in [2.24, 2.45) is 11.7 Å². The average molecular weight is 197 g/mol. The highest BCUT2D eigenvalue weighted by Gasteiger charge is 2.17. The third-order valence-corrected chi connectivity index (χ3v) is 2.13. The lowest BCUT2D eigenvalue weighted by Gasteiger charge is -2.09. The Kier molecular flexibility index (Phi) is 4.12. The van der Waals surface area contributed by atoms with Crippen LogP contribution in [0.1, 0.15) is 18.5 Å². The Balaban J connectivity index is 2.47. The van der Waals surface area contributed by atoms with Crippen LogP contribution in [0.5, 0.6) is 0 Å². The van der Waals surface area contributed by atoms with Gasteiger partial charge in [-0.15, -0.1) is 0 Å². The van der Waals surface area contributed by atoms with Gasteiger partial charge in [-0.25, -0.2) is 4.98 Å². The zero-order chi connectivity index (χ0) is 10.4. The standard InChI is InChI=1S/C9H15N3O2/c10-3-1-2-7(9(13)14)4-8-5-11-6-12-8/h5-7H,1-4,10H2,(H,11,12)(H,13,14). The SMILES string of the molecule is NCCCC(Cc1cnc[nH]1)C(=O)O. The Labute approximate surface area is 82.3 Å². The Bertz CT molecular complexity index is 272. The van der Waals surface area contributed by atoms with E-state index in [0.29, 0.717) is 19.4 Å². The summed E-state index contributed by atoms with van der Waals surface area (Å²) in [5.74, 6) is -1.13. The number of carbonyl (C=O) groups is 1. The highest BCUT2D eigenvalue weighted by atomic mass is 16.4. The van der Waals surface area contributed by atoms with Crippen LogP contribution in [0.25, 0.3) is 0 Å². The van der Waals surface area contributed by atoms with Crippen molar-refractivity contribution in [2.45, 2.75) is 19.3 Å². The van der Waals surface area contributed by atoms with Gasteiger partial charge in [0.05, 0.1) is 12.2 Å². The van der Waals surface area contributed by atoms with E-state index in [1.165, 1.54) is 0 Å². The van der Waals surface area contributed by atoms with Gasteiger partial charge < -0.3 is 15.8 Å². The second-order valence-corrected chi connectivity index (χ2v) is 3.25. The number of aliphatic carboxylic acids is 1. The molecule has 1 aromatic heterocycles. The lowest BCUT2D eigenvalue weighted by atomic mass is 9.98. The Morgan fingerprint density at radius 3 is 3.00 bits per heavy atom. The number of H-pyrrole nitrogens is 1. The number of nitrogens with two attached hydrogens (primary N) is 1. The van der Waals surface area contributed by atoms with Crippen molar-refractivity contribution in [3.05, 3.63) is 18.2 Å². The molecule has 0 aromatic carbocycles. The molecule has 0 radical (unpaired) electrons. The molecule has 0 saturated carbocycles. The number of carboxylic acids is 1. The zero-order valence-electron chi connectivity index (χ0n) is 7.94. The Morgan fingerprint density at radius 2 is 2.50 bits per heavy atom. The third-order valence-electron chi connectivity index (χ3n) is 2.13. The molecule has 0 spiro atoms. The van der Waals surface area contributed by atoms with Gasteiger partial charge in [-0.05, 0) is 19.4 Å². The summed E-state index contributed by atoms with van der Waals surface area (Å²) in [5, 5.41) is 8.92. The number of nitrogens with one attached hydrogen (secondary N) is 1. The molecule has 1 heterocycles. The second-order valence-electron chi connectivity index (χ2n) is 3.25. The number of hydrogen-bond donors (Lipinski definition) is 3. The van der Waals surface area contributed by atoms with E-state index in [4.69, 9.17) is 10.8 Å². The molecule has 0 aliphatic carbocycles. The molecular formula is C9H15N3O2. The highest BCUT2D eigenvalue weighted by Crippen LogP contribution is 2.12. The molecule has 5 heteroatoms. The van der Waals surface area contributed by atoms with Crippen molar-refractivity contribution in [1.82, 2.24) is 9.97 Å². The van der Waals surface area contributed by atoms with Gasteiger partial charge in [-0.2, -0.15) is 0 Å². The summed E-state index contributed by atoms with van der Waals surface area (Å²) in [4.78, 5) is 17.6. The molecule has 5 nitrogen and oxygen atoms in total. The number of aromatic nitrogens is 2. The minimum atomic E-state index is -0.770. The Hall–Kier alpha value is -1.36. The average Bonchev–Trinajstić information content (AvgIpc) is 2.64. The maximum Gasteiger partial charge on any atom is 0.306 e. The molecule has 1 rings (SSSR count). The van der Waals surface area contributed by atoms with Gasteiger partial charge in [0.25, 0.3) is 0 Å². The summed E-state index contributed by atoms with van der Waals surface area (Å²) in [5.41, 5.74) is 6.19. The predicted molar refractivity (Wildman–Crippen MR) is 51.7 cm³/mol. The van der Waals surface area contributed by atoms with E-state index in [1.807, 2.05) is 0 Å². The van der Waals surface area contributed by atoms with E-state index in [0.717, 1.165) is 12.1 Å². The molecule has 0 aliphatic heterocycles. The van der Waals surface area contributed by atoms with Crippen molar-refractivity contribution in [1.29, 1.82) is 0 Å². The first kappa shape index (κ1) is 10.7. The van der Waals surface area contributed by atoms with Gasteiger partial charge in [0, 0.05) is 18.3 Å². The zero-order valence-corrected chi connectivity index (χ0v) is 7.94. The summed E-state index contributed by atoms with van der Waals surface area (Å²) in [6.45, 7) is 0.534. The normalized spacial score (nSPS) is 12.6. The largest absolute Gasteiger partial charge is 0.481 e. The fourth-order valence-corrected chi connectivity index (χ4v) is 1.34. The summed E-state index contributed by atoms with van der Waals surface area (Å²) < 4.78 is 0. The first-order valence-corrected chi connectivity index (χ1v) is 4.64. The number of rotatable bonds is 6. The van der Waals surface area contributed by atoms with E-state index in [1.54, 1.807) is 12.5 Å². The summed E-state index contributed by atoms with van der Waals surface area (Å²) >= 11 is 0. The van der Waals surface area contributed by atoms with Crippen LogP contribution < -0.4 is 5.73 Å². The van der Waals surface area contributed by atoms with E-state index >= 15 is 0 Å². The maximum atomic E-state index is 10.9. The lowest BCUT2D eigenvalue weighted by molar-refractivity contribution is -0.142. The minimum absolute atomic E-state index is 0.362. The summed E-state index contributed by atoms with van der Waals surface area (Å²) in [6.07, 6.45) is 5.06. The number of nitrogens with zero attached hydrogens (tertiary/aromatic N) is 1. The van der Waals surface area contributed by atoms with E-state index in [2.05, 4.69) is 9.97 Å². The van der Waals surface area contributed by atoms with Gasteiger partial charge in [-0.3, -0.25) is 4.79 Å². The molecule has 0 fully saturated rings. The highest BCUT2D eigenvalue weighted by molar-refractivity contribution is 5.70. The topological polar surface area (TPSA) is 92.0 Å². The van der Waals surface area contributed by atoms with Crippen molar-refractivity contribution in [3.8, 4) is 0 Å². The van der Waals surface area contributed by atoms with Crippen molar-refractivity contribution < 1.29 is 9.90 Å². The van der Waals surface area contributed by atoms with Gasteiger partial charge in [0.15, 0.2) is 0 Å². The van der Waals surface area contributed by atoms with E-state index in [-0.39, 0.29) is 5.92 Å². The number of imidazole rings is 1. The molecule has 4 N–H and O–H groups in total. The van der Waals surface area contributed by atoms with Gasteiger partial charge in [-0.1, -0.05) is 0 Å². The van der Waals surface area contributed by atoms with Gasteiger partial charge in [0.2, 0.25) is 0 Å². The molecule has 1 unspecified atom stereocenters. The molecule has 1 aromatic rings. The lowest BCUT2D eigenvalue weighted by Crippen LogP contribution is -2.18. The number of carboxylic acid groups (broad SMARTS) is 1. The second kappa shape index (κ2) is 5.39. The quantitative estimate of drug-likeness (QED) is 0.615. The summed E-state index contributed by atoms with van der Waals surface area (Å²) in [6, 6.07) is 0. The fraction of sp³-hybridized carbons (Fsp3) is 0.556. The van der Waals surface area contributed by atoms with Crippen molar-refractivity contribution >= 4 is 5.97 Å². The first-order valence-electron chi connectivity index (χ1n) is 4.64. The molecule has 0 saturated heterocycles. The van der Waals surface area contributed by atoms with Gasteiger partial charge in [0.1, 0.15) is 0 Å². The monoisotopic (exact) mass is 197 g/mol. The predicted octanol–water partition coefficient (Wildman–Crippen LogP) is 0.392. The molecule has 1 atom stereocenters. The molecule has 14 heavy (non-hydrogen) atoms. The molecular weight excluding hydrogens is 182 g/mol. The summed E-state index contributed by atoms with van der Waals surface area (Å²) in [7, 11) is 0. The van der Waals surface area contributed by atoms with E-state index < -0.39 is 5.97 Å². The minimum Gasteiger partial charge on any atom is -0.481 e. The fourth-order valence-electron chi connectivity index (χ4n) is 1.34.